The van der Waals surface area contributed by atoms with Gasteiger partial charge in [-0.25, -0.2) is 0 Å². The molecule has 3 aromatic heterocycles. The maximum absolute atomic E-state index is 12.8. The summed E-state index contributed by atoms with van der Waals surface area (Å²) in [6, 6.07) is 5.92. The highest BCUT2D eigenvalue weighted by Crippen LogP contribution is 2.34. The third-order valence-corrected chi connectivity index (χ3v) is 5.94. The summed E-state index contributed by atoms with van der Waals surface area (Å²) < 4.78 is 0.964. The van der Waals surface area contributed by atoms with Crippen LogP contribution in [0.1, 0.15) is 20.1 Å². The molecule has 21 heavy (non-hydrogen) atoms. The van der Waals surface area contributed by atoms with Gasteiger partial charge in [0.2, 0.25) is 0 Å². The molecular formula is C15H13N3OS2. The van der Waals surface area contributed by atoms with Crippen molar-refractivity contribution >= 4 is 44.5 Å². The van der Waals surface area contributed by atoms with E-state index in [1.54, 1.807) is 17.5 Å². The molecule has 4 rings (SSSR count). The first-order valence-electron chi connectivity index (χ1n) is 6.71. The van der Waals surface area contributed by atoms with Crippen molar-refractivity contribution in [2.24, 2.45) is 0 Å². The summed E-state index contributed by atoms with van der Waals surface area (Å²) in [4.78, 5) is 20.9. The average Bonchev–Trinajstić information content (AvgIpc) is 3.11. The van der Waals surface area contributed by atoms with E-state index in [9.17, 15) is 4.79 Å². The van der Waals surface area contributed by atoms with E-state index in [-0.39, 0.29) is 5.91 Å². The van der Waals surface area contributed by atoms with Gasteiger partial charge in [0, 0.05) is 24.2 Å². The number of nitrogen functional groups attached to an aromatic ring is 1. The van der Waals surface area contributed by atoms with Crippen molar-refractivity contribution in [1.29, 1.82) is 0 Å². The summed E-state index contributed by atoms with van der Waals surface area (Å²) >= 11 is 3.20. The van der Waals surface area contributed by atoms with Crippen molar-refractivity contribution in [2.45, 2.75) is 13.0 Å². The molecule has 0 saturated heterocycles. The van der Waals surface area contributed by atoms with Crippen LogP contribution in [0.2, 0.25) is 0 Å². The van der Waals surface area contributed by atoms with E-state index >= 15 is 0 Å². The normalized spacial score (nSPS) is 14.4. The molecule has 1 amide bonds. The highest BCUT2D eigenvalue weighted by atomic mass is 32.1. The topological polar surface area (TPSA) is 59.2 Å². The number of hydrogen-bond donors (Lipinski definition) is 1. The largest absolute Gasteiger partial charge is 0.396 e. The second-order valence-corrected chi connectivity index (χ2v) is 7.09. The molecule has 1 aliphatic rings. The maximum atomic E-state index is 12.8. The first-order valence-corrected chi connectivity index (χ1v) is 8.41. The number of amides is 1. The Morgan fingerprint density at radius 3 is 3.14 bits per heavy atom. The van der Waals surface area contributed by atoms with Crippen LogP contribution in [0.25, 0.3) is 10.2 Å². The second kappa shape index (κ2) is 4.82. The molecular weight excluding hydrogens is 302 g/mol. The van der Waals surface area contributed by atoms with Gasteiger partial charge < -0.3 is 10.6 Å². The van der Waals surface area contributed by atoms with Crippen LogP contribution in [0.3, 0.4) is 0 Å². The fraction of sp³-hybridized carbons (Fsp3) is 0.200. The standard InChI is InChI=1S/C15H13N3OS2/c16-12-13-11(2-1-5-17-13)21-14(12)15(19)18-6-3-10-9(8-18)4-7-20-10/h1-2,4-5,7H,3,6,8,16H2. The van der Waals surface area contributed by atoms with E-state index in [1.807, 2.05) is 17.0 Å². The van der Waals surface area contributed by atoms with Crippen molar-refractivity contribution in [3.8, 4) is 0 Å². The third kappa shape index (κ3) is 2.02. The maximum Gasteiger partial charge on any atom is 0.266 e. The molecule has 6 heteroatoms. The lowest BCUT2D eigenvalue weighted by atomic mass is 10.1. The molecule has 106 valence electrons. The van der Waals surface area contributed by atoms with E-state index in [1.165, 1.54) is 21.8 Å². The van der Waals surface area contributed by atoms with E-state index < -0.39 is 0 Å². The minimum absolute atomic E-state index is 0.0207. The van der Waals surface area contributed by atoms with Crippen LogP contribution in [0.4, 0.5) is 5.69 Å². The molecule has 4 heterocycles. The lowest BCUT2D eigenvalue weighted by Crippen LogP contribution is -2.35. The molecule has 1 aliphatic heterocycles. The Hall–Kier alpha value is -1.92. The first kappa shape index (κ1) is 12.8. The molecule has 0 unspecified atom stereocenters. The number of carbonyl (C=O) groups excluding carboxylic acids is 1. The van der Waals surface area contributed by atoms with Crippen molar-refractivity contribution < 1.29 is 4.79 Å². The highest BCUT2D eigenvalue weighted by molar-refractivity contribution is 7.21. The van der Waals surface area contributed by atoms with E-state index in [0.717, 1.165) is 23.2 Å². The molecule has 0 atom stereocenters. The average molecular weight is 315 g/mol. The summed E-state index contributed by atoms with van der Waals surface area (Å²) in [6.45, 7) is 1.44. The number of fused-ring (bicyclic) bond motifs is 2. The summed E-state index contributed by atoms with van der Waals surface area (Å²) in [5.41, 5.74) is 8.63. The van der Waals surface area contributed by atoms with Gasteiger partial charge in [0.15, 0.2) is 0 Å². The van der Waals surface area contributed by atoms with Gasteiger partial charge in [0.1, 0.15) is 10.4 Å². The van der Waals surface area contributed by atoms with E-state index in [0.29, 0.717) is 17.1 Å². The number of aromatic nitrogens is 1. The molecule has 4 nitrogen and oxygen atoms in total. The quantitative estimate of drug-likeness (QED) is 0.750. The van der Waals surface area contributed by atoms with Crippen LogP contribution in [0, 0.1) is 0 Å². The van der Waals surface area contributed by atoms with Gasteiger partial charge >= 0.3 is 0 Å². The SMILES string of the molecule is Nc1c(C(=O)N2CCc3sccc3C2)sc2cccnc12. The zero-order valence-corrected chi connectivity index (χ0v) is 12.8. The molecule has 2 N–H and O–H groups in total. The third-order valence-electron chi connectivity index (χ3n) is 3.77. The van der Waals surface area contributed by atoms with Gasteiger partial charge in [-0.15, -0.1) is 22.7 Å². The predicted octanol–water partition coefficient (Wildman–Crippen LogP) is 3.14. The number of nitrogens with zero attached hydrogens (tertiary/aromatic N) is 2. The van der Waals surface area contributed by atoms with Crippen LogP contribution in [0.15, 0.2) is 29.8 Å². The Bertz CT molecular complexity index is 836. The van der Waals surface area contributed by atoms with Gasteiger partial charge in [-0.05, 0) is 35.6 Å². The number of rotatable bonds is 1. The smallest absolute Gasteiger partial charge is 0.266 e. The van der Waals surface area contributed by atoms with Crippen molar-refractivity contribution in [2.75, 3.05) is 12.3 Å². The first-order chi connectivity index (χ1) is 10.2. The number of hydrogen-bond acceptors (Lipinski definition) is 5. The lowest BCUT2D eigenvalue weighted by molar-refractivity contribution is 0.0742. The summed E-state index contributed by atoms with van der Waals surface area (Å²) in [5, 5.41) is 2.09. The molecule has 0 saturated carbocycles. The molecule has 3 aromatic rings. The molecule has 0 spiro atoms. The van der Waals surface area contributed by atoms with Gasteiger partial charge in [0.25, 0.3) is 5.91 Å². The van der Waals surface area contributed by atoms with Crippen LogP contribution in [0.5, 0.6) is 0 Å². The van der Waals surface area contributed by atoms with E-state index in [2.05, 4.69) is 16.4 Å². The van der Waals surface area contributed by atoms with Crippen LogP contribution < -0.4 is 5.73 Å². The molecule has 0 aromatic carbocycles. The van der Waals surface area contributed by atoms with Crippen molar-refractivity contribution in [3.63, 3.8) is 0 Å². The van der Waals surface area contributed by atoms with Crippen LogP contribution in [-0.4, -0.2) is 22.3 Å². The Balaban J connectivity index is 1.69. The van der Waals surface area contributed by atoms with Crippen molar-refractivity contribution in [3.05, 3.63) is 45.1 Å². The Morgan fingerprint density at radius 2 is 2.29 bits per heavy atom. The van der Waals surface area contributed by atoms with E-state index in [4.69, 9.17) is 5.73 Å². The predicted molar refractivity (Wildman–Crippen MR) is 86.8 cm³/mol. The summed E-state index contributed by atoms with van der Waals surface area (Å²) in [7, 11) is 0. The van der Waals surface area contributed by atoms with Gasteiger partial charge in [-0.3, -0.25) is 9.78 Å². The van der Waals surface area contributed by atoms with Crippen LogP contribution >= 0.6 is 22.7 Å². The molecule has 0 aliphatic carbocycles. The zero-order chi connectivity index (χ0) is 14.4. The summed E-state index contributed by atoms with van der Waals surface area (Å²) in [6.07, 6.45) is 2.64. The van der Waals surface area contributed by atoms with Crippen LogP contribution in [-0.2, 0) is 13.0 Å². The Kier molecular flexibility index (Phi) is 2.94. The molecule has 0 fully saturated rings. The lowest BCUT2D eigenvalue weighted by Gasteiger charge is -2.26. The monoisotopic (exact) mass is 315 g/mol. The molecule has 0 bridgehead atoms. The van der Waals surface area contributed by atoms with Gasteiger partial charge in [-0.2, -0.15) is 0 Å². The Labute approximate surface area is 129 Å². The highest BCUT2D eigenvalue weighted by Gasteiger charge is 2.26. The number of anilines is 1. The minimum atomic E-state index is 0.0207. The number of pyridine rings is 1. The number of thiophene rings is 2. The minimum Gasteiger partial charge on any atom is -0.396 e. The number of carbonyl (C=O) groups is 1. The van der Waals surface area contributed by atoms with Gasteiger partial charge in [-0.1, -0.05) is 0 Å². The zero-order valence-electron chi connectivity index (χ0n) is 11.2. The fourth-order valence-electron chi connectivity index (χ4n) is 2.67. The fourth-order valence-corrected chi connectivity index (χ4v) is 4.61. The van der Waals surface area contributed by atoms with Crippen molar-refractivity contribution in [1.82, 2.24) is 9.88 Å². The Morgan fingerprint density at radius 1 is 1.38 bits per heavy atom. The number of nitrogens with two attached hydrogens (primary N) is 1. The van der Waals surface area contributed by atoms with Gasteiger partial charge in [0.05, 0.1) is 10.4 Å². The second-order valence-electron chi connectivity index (χ2n) is 5.04. The molecule has 0 radical (unpaired) electrons. The summed E-state index contributed by atoms with van der Waals surface area (Å²) in [5.74, 6) is 0.0207.